The Kier molecular flexibility index (Phi) is 9.10. The summed E-state index contributed by atoms with van der Waals surface area (Å²) < 4.78 is 14.0. The van der Waals surface area contributed by atoms with Gasteiger partial charge in [0.05, 0.1) is 10.7 Å². The first-order valence-electron chi connectivity index (χ1n) is 12.8. The van der Waals surface area contributed by atoms with Crippen LogP contribution in [-0.2, 0) is 4.79 Å². The highest BCUT2D eigenvalue weighted by molar-refractivity contribution is 6.30. The molecule has 1 amide bonds. The Morgan fingerprint density at radius 1 is 1.11 bits per heavy atom. The first kappa shape index (κ1) is 28.0. The van der Waals surface area contributed by atoms with Crippen LogP contribution in [0.25, 0.3) is 11.1 Å². The topological polar surface area (TPSA) is 49.7 Å². The average molecular weight is 513 g/mol. The van der Waals surface area contributed by atoms with E-state index >= 15 is 0 Å². The highest BCUT2D eigenvalue weighted by Gasteiger charge is 2.31. The number of halogens is 2. The number of Topliss-reactive ketones (excluding diaryl/α,β-unsaturated/α-hetero) is 1. The molecule has 2 unspecified atom stereocenters. The van der Waals surface area contributed by atoms with Crippen molar-refractivity contribution in [2.45, 2.75) is 67.2 Å². The first-order chi connectivity index (χ1) is 16.9. The molecule has 1 heterocycles. The van der Waals surface area contributed by atoms with E-state index in [9.17, 15) is 14.0 Å². The fraction of sp³-hybridized carbons (Fsp3) is 0.500. The number of nitrogens with zero attached hydrogens (tertiary/aromatic N) is 2. The molecule has 2 atom stereocenters. The van der Waals surface area contributed by atoms with Gasteiger partial charge in [-0.1, -0.05) is 57.8 Å². The molecule has 1 fully saturated rings. The molecule has 3 rings (SSSR count). The molecule has 0 bridgehead atoms. The van der Waals surface area contributed by atoms with E-state index in [2.05, 4.69) is 27.7 Å². The Morgan fingerprint density at radius 2 is 1.78 bits per heavy atom. The van der Waals surface area contributed by atoms with Gasteiger partial charge in [0.15, 0.2) is 5.78 Å². The lowest BCUT2D eigenvalue weighted by molar-refractivity contribution is -0.133. The summed E-state index contributed by atoms with van der Waals surface area (Å²) in [7, 11) is 0. The molecule has 2 aromatic rings. The first-order valence-corrected chi connectivity index (χ1v) is 13.2. The molecular formula is C30H38ClFN2O2. The predicted octanol–water partition coefficient (Wildman–Crippen LogP) is 8.14. The maximum atomic E-state index is 14.0. The third kappa shape index (κ3) is 7.03. The summed E-state index contributed by atoms with van der Waals surface area (Å²) >= 11 is 5.83. The number of carbonyl (C=O) groups excluding carboxylic acids is 2. The second kappa shape index (κ2) is 11.7. The van der Waals surface area contributed by atoms with E-state index in [4.69, 9.17) is 16.6 Å². The van der Waals surface area contributed by atoms with E-state index in [-0.39, 0.29) is 28.0 Å². The van der Waals surface area contributed by atoms with E-state index in [1.807, 2.05) is 24.0 Å². The SMILES string of the molecule is CCC1CCCN(C(=O)CC(C)(C)C)CC1C(C)=Nc1ccc(-c2ccc(Cl)c(F)c2)cc1C(C)=O. The molecule has 0 radical (unpaired) electrons. The molecule has 0 aromatic heterocycles. The molecule has 4 nitrogen and oxygen atoms in total. The van der Waals surface area contributed by atoms with Crippen LogP contribution in [0, 0.1) is 23.1 Å². The zero-order valence-corrected chi connectivity index (χ0v) is 23.1. The van der Waals surface area contributed by atoms with Crippen LogP contribution in [0.5, 0.6) is 0 Å². The van der Waals surface area contributed by atoms with Gasteiger partial charge in [-0.25, -0.2) is 4.39 Å². The summed E-state index contributed by atoms with van der Waals surface area (Å²) in [6.07, 6.45) is 3.57. The van der Waals surface area contributed by atoms with Crippen LogP contribution in [0.15, 0.2) is 41.4 Å². The average Bonchev–Trinajstić information content (AvgIpc) is 3.02. The summed E-state index contributed by atoms with van der Waals surface area (Å²) in [5, 5.41) is 0.0614. The quantitative estimate of drug-likeness (QED) is 0.289. The number of hydrogen-bond acceptors (Lipinski definition) is 3. The minimum Gasteiger partial charge on any atom is -0.342 e. The van der Waals surface area contributed by atoms with Crippen LogP contribution in [0.2, 0.25) is 5.02 Å². The molecule has 2 aromatic carbocycles. The van der Waals surface area contributed by atoms with E-state index in [0.717, 1.165) is 37.1 Å². The Morgan fingerprint density at radius 3 is 2.39 bits per heavy atom. The van der Waals surface area contributed by atoms with E-state index < -0.39 is 5.82 Å². The van der Waals surface area contributed by atoms with Crippen LogP contribution in [0.4, 0.5) is 10.1 Å². The van der Waals surface area contributed by atoms with Crippen LogP contribution in [-0.4, -0.2) is 35.4 Å². The van der Waals surface area contributed by atoms with Gasteiger partial charge in [0.1, 0.15) is 5.82 Å². The van der Waals surface area contributed by atoms with Crippen LogP contribution in [0.1, 0.15) is 77.6 Å². The number of likely N-dealkylation sites (tertiary alicyclic amines) is 1. The number of aliphatic imine (C=N–C) groups is 1. The third-order valence-electron chi connectivity index (χ3n) is 7.01. The molecule has 0 spiro atoms. The van der Waals surface area contributed by atoms with Crippen molar-refractivity contribution in [1.82, 2.24) is 4.90 Å². The monoisotopic (exact) mass is 512 g/mol. The number of ketones is 1. The lowest BCUT2D eigenvalue weighted by atomic mass is 9.84. The van der Waals surface area contributed by atoms with Crippen LogP contribution < -0.4 is 0 Å². The normalized spacial score (nSPS) is 19.2. The summed E-state index contributed by atoms with van der Waals surface area (Å²) in [4.78, 5) is 32.6. The highest BCUT2D eigenvalue weighted by Crippen LogP contribution is 2.33. The van der Waals surface area contributed by atoms with Gasteiger partial charge in [-0.3, -0.25) is 14.6 Å². The molecule has 0 aliphatic carbocycles. The maximum absolute atomic E-state index is 14.0. The summed E-state index contributed by atoms with van der Waals surface area (Å²) in [6, 6.07) is 10.1. The lowest BCUT2D eigenvalue weighted by Gasteiger charge is -2.30. The Labute approximate surface area is 219 Å². The van der Waals surface area contributed by atoms with Gasteiger partial charge in [0.2, 0.25) is 5.91 Å². The Hall–Kier alpha value is -2.53. The van der Waals surface area contributed by atoms with Gasteiger partial charge < -0.3 is 4.90 Å². The van der Waals surface area contributed by atoms with Crippen LogP contribution in [0.3, 0.4) is 0 Å². The van der Waals surface area contributed by atoms with Gasteiger partial charge in [0, 0.05) is 36.7 Å². The minimum absolute atomic E-state index is 0.0582. The van der Waals surface area contributed by atoms with Crippen LogP contribution >= 0.6 is 11.6 Å². The standard InChI is InChI=1S/C30H38ClFN2O2/c1-7-21-9-8-14-34(29(36)17-30(4,5)6)18-25(21)19(2)33-28-13-11-22(15-24(28)20(3)35)23-10-12-26(31)27(32)16-23/h10-13,15-16,21,25H,7-9,14,17-18H2,1-6H3. The third-order valence-corrected chi connectivity index (χ3v) is 7.32. The number of rotatable bonds is 6. The second-order valence-corrected chi connectivity index (χ2v) is 11.6. The molecule has 1 aliphatic heterocycles. The maximum Gasteiger partial charge on any atom is 0.223 e. The van der Waals surface area contributed by atoms with Gasteiger partial charge in [-0.05, 0) is 73.4 Å². The molecular weight excluding hydrogens is 475 g/mol. The number of benzene rings is 2. The van der Waals surface area contributed by atoms with Crippen molar-refractivity contribution in [2.75, 3.05) is 13.1 Å². The fourth-order valence-corrected chi connectivity index (χ4v) is 5.14. The largest absolute Gasteiger partial charge is 0.342 e. The van der Waals surface area contributed by atoms with E-state index in [0.29, 0.717) is 35.7 Å². The summed E-state index contributed by atoms with van der Waals surface area (Å²) in [5.41, 5.74) is 3.35. The van der Waals surface area contributed by atoms with Crippen molar-refractivity contribution in [2.24, 2.45) is 22.2 Å². The molecule has 1 saturated heterocycles. The number of carbonyl (C=O) groups is 2. The molecule has 6 heteroatoms. The summed E-state index contributed by atoms with van der Waals surface area (Å²) in [5.74, 6) is 0.152. The van der Waals surface area contributed by atoms with Crippen molar-refractivity contribution in [3.8, 4) is 11.1 Å². The Balaban J connectivity index is 1.94. The zero-order valence-electron chi connectivity index (χ0n) is 22.3. The smallest absolute Gasteiger partial charge is 0.223 e. The van der Waals surface area contributed by atoms with Gasteiger partial charge in [-0.2, -0.15) is 0 Å². The van der Waals surface area contributed by atoms with Gasteiger partial charge in [0.25, 0.3) is 0 Å². The molecule has 194 valence electrons. The van der Waals surface area contributed by atoms with E-state index in [1.54, 1.807) is 12.1 Å². The number of amides is 1. The van der Waals surface area contributed by atoms with Crippen molar-refractivity contribution in [3.05, 3.63) is 52.8 Å². The van der Waals surface area contributed by atoms with Gasteiger partial charge in [-0.15, -0.1) is 0 Å². The molecule has 36 heavy (non-hydrogen) atoms. The molecule has 0 N–H and O–H groups in total. The summed E-state index contributed by atoms with van der Waals surface area (Å²) in [6.45, 7) is 13.4. The highest BCUT2D eigenvalue weighted by atomic mass is 35.5. The van der Waals surface area contributed by atoms with Crippen molar-refractivity contribution in [3.63, 3.8) is 0 Å². The molecule has 0 saturated carbocycles. The minimum atomic E-state index is -0.499. The molecule has 1 aliphatic rings. The Bertz CT molecular complexity index is 1150. The second-order valence-electron chi connectivity index (χ2n) is 11.2. The number of hydrogen-bond donors (Lipinski definition) is 0. The zero-order chi connectivity index (χ0) is 26.6. The van der Waals surface area contributed by atoms with Crippen molar-refractivity contribution in [1.29, 1.82) is 0 Å². The van der Waals surface area contributed by atoms with Crippen molar-refractivity contribution >= 4 is 34.7 Å². The lowest BCUT2D eigenvalue weighted by Crippen LogP contribution is -2.39. The van der Waals surface area contributed by atoms with Crippen molar-refractivity contribution < 1.29 is 14.0 Å². The van der Waals surface area contributed by atoms with E-state index in [1.165, 1.54) is 19.1 Å². The van der Waals surface area contributed by atoms with Gasteiger partial charge >= 0.3 is 0 Å². The fourth-order valence-electron chi connectivity index (χ4n) is 5.02. The predicted molar refractivity (Wildman–Crippen MR) is 147 cm³/mol.